The van der Waals surface area contributed by atoms with Crippen molar-refractivity contribution in [1.29, 1.82) is 0 Å². The third kappa shape index (κ3) is 3.07. The Morgan fingerprint density at radius 2 is 2.00 bits per heavy atom. The fourth-order valence-electron chi connectivity index (χ4n) is 2.66. The van der Waals surface area contributed by atoms with Gasteiger partial charge in [-0.25, -0.2) is 0 Å². The maximum Gasteiger partial charge on any atom is 0.302 e. The number of phenols is 1. The number of piperidine rings is 1. The SMILES string of the molecule is Cc1cc(C)c(O)c(NS(=O)(=O)N2CCCCC2C)c1. The molecule has 0 bridgehead atoms. The molecular formula is C14H22N2O3S. The zero-order valence-corrected chi connectivity index (χ0v) is 13.0. The predicted octanol–water partition coefficient (Wildman–Crippen LogP) is 2.54. The fourth-order valence-corrected chi connectivity index (χ4v) is 4.16. The van der Waals surface area contributed by atoms with Gasteiger partial charge in [-0.05, 0) is 50.8 Å². The first-order valence-electron chi connectivity index (χ1n) is 6.91. The molecule has 0 aromatic heterocycles. The number of benzene rings is 1. The molecular weight excluding hydrogens is 276 g/mol. The maximum atomic E-state index is 12.4. The second kappa shape index (κ2) is 5.61. The van der Waals surface area contributed by atoms with Crippen molar-refractivity contribution in [3.8, 4) is 5.75 Å². The summed E-state index contributed by atoms with van der Waals surface area (Å²) in [4.78, 5) is 0. The Morgan fingerprint density at radius 3 is 2.65 bits per heavy atom. The van der Waals surface area contributed by atoms with E-state index in [4.69, 9.17) is 0 Å². The van der Waals surface area contributed by atoms with Crippen LogP contribution in [0.2, 0.25) is 0 Å². The monoisotopic (exact) mass is 298 g/mol. The molecule has 112 valence electrons. The molecule has 1 saturated heterocycles. The van der Waals surface area contributed by atoms with Gasteiger partial charge < -0.3 is 5.11 Å². The van der Waals surface area contributed by atoms with Gasteiger partial charge in [0.1, 0.15) is 5.75 Å². The van der Waals surface area contributed by atoms with Crippen LogP contribution in [0.4, 0.5) is 5.69 Å². The predicted molar refractivity (Wildman–Crippen MR) is 80.1 cm³/mol. The van der Waals surface area contributed by atoms with Gasteiger partial charge >= 0.3 is 10.2 Å². The summed E-state index contributed by atoms with van der Waals surface area (Å²) >= 11 is 0. The Kier molecular flexibility index (Phi) is 4.25. The van der Waals surface area contributed by atoms with Gasteiger partial charge in [0.05, 0.1) is 5.69 Å². The molecule has 0 saturated carbocycles. The van der Waals surface area contributed by atoms with E-state index in [9.17, 15) is 13.5 Å². The summed E-state index contributed by atoms with van der Waals surface area (Å²) in [6.45, 7) is 6.07. The van der Waals surface area contributed by atoms with Crippen LogP contribution in [0.15, 0.2) is 12.1 Å². The van der Waals surface area contributed by atoms with Crippen LogP contribution < -0.4 is 4.72 Å². The molecule has 0 radical (unpaired) electrons. The molecule has 20 heavy (non-hydrogen) atoms. The second-order valence-electron chi connectivity index (χ2n) is 5.54. The van der Waals surface area contributed by atoms with Crippen molar-refractivity contribution >= 4 is 15.9 Å². The lowest BCUT2D eigenvalue weighted by atomic mass is 10.1. The van der Waals surface area contributed by atoms with Crippen LogP contribution in [0, 0.1) is 13.8 Å². The third-order valence-corrected chi connectivity index (χ3v) is 5.37. The number of aromatic hydroxyl groups is 1. The molecule has 0 spiro atoms. The van der Waals surface area contributed by atoms with E-state index in [1.807, 2.05) is 19.9 Å². The minimum absolute atomic E-state index is 0.00528. The van der Waals surface area contributed by atoms with Gasteiger partial charge in [0, 0.05) is 12.6 Å². The molecule has 1 heterocycles. The van der Waals surface area contributed by atoms with Crippen LogP contribution in [-0.2, 0) is 10.2 Å². The van der Waals surface area contributed by atoms with Crippen LogP contribution in [0.5, 0.6) is 5.75 Å². The summed E-state index contributed by atoms with van der Waals surface area (Å²) in [6, 6.07) is 3.46. The number of nitrogens with one attached hydrogen (secondary N) is 1. The highest BCUT2D eigenvalue weighted by molar-refractivity contribution is 7.90. The molecule has 1 aliphatic rings. The number of anilines is 1. The summed E-state index contributed by atoms with van der Waals surface area (Å²) < 4.78 is 28.9. The van der Waals surface area contributed by atoms with Crippen molar-refractivity contribution in [3.05, 3.63) is 23.3 Å². The van der Waals surface area contributed by atoms with Crippen molar-refractivity contribution in [2.75, 3.05) is 11.3 Å². The van der Waals surface area contributed by atoms with E-state index in [1.54, 1.807) is 13.0 Å². The van der Waals surface area contributed by atoms with E-state index in [0.717, 1.165) is 24.8 Å². The van der Waals surface area contributed by atoms with E-state index in [-0.39, 0.29) is 17.5 Å². The quantitative estimate of drug-likeness (QED) is 0.843. The van der Waals surface area contributed by atoms with Gasteiger partial charge in [-0.15, -0.1) is 0 Å². The molecule has 0 amide bonds. The molecule has 1 aromatic carbocycles. The van der Waals surface area contributed by atoms with Crippen molar-refractivity contribution in [2.45, 2.75) is 46.1 Å². The number of rotatable bonds is 3. The number of hydrogen-bond acceptors (Lipinski definition) is 3. The Bertz CT molecular complexity index is 599. The Balaban J connectivity index is 2.28. The van der Waals surface area contributed by atoms with Gasteiger partial charge in [0.15, 0.2) is 0 Å². The molecule has 0 aliphatic carbocycles. The average molecular weight is 298 g/mol. The minimum Gasteiger partial charge on any atom is -0.505 e. The van der Waals surface area contributed by atoms with Gasteiger partial charge in [-0.3, -0.25) is 4.72 Å². The molecule has 1 atom stereocenters. The van der Waals surface area contributed by atoms with Crippen molar-refractivity contribution in [1.82, 2.24) is 4.31 Å². The van der Waals surface area contributed by atoms with Gasteiger partial charge in [-0.2, -0.15) is 12.7 Å². The molecule has 6 heteroatoms. The molecule has 1 aromatic rings. The molecule has 1 aliphatic heterocycles. The molecule has 5 nitrogen and oxygen atoms in total. The van der Waals surface area contributed by atoms with Crippen molar-refractivity contribution < 1.29 is 13.5 Å². The zero-order valence-electron chi connectivity index (χ0n) is 12.2. The lowest BCUT2D eigenvalue weighted by Crippen LogP contribution is -2.44. The summed E-state index contributed by atoms with van der Waals surface area (Å²) in [5.41, 5.74) is 1.82. The van der Waals surface area contributed by atoms with Crippen LogP contribution >= 0.6 is 0 Å². The average Bonchev–Trinajstić information content (AvgIpc) is 2.35. The normalized spacial score (nSPS) is 20.9. The van der Waals surface area contributed by atoms with E-state index >= 15 is 0 Å². The first-order chi connectivity index (χ1) is 9.31. The summed E-state index contributed by atoms with van der Waals surface area (Å²) in [5, 5.41) is 10.0. The van der Waals surface area contributed by atoms with E-state index in [0.29, 0.717) is 12.1 Å². The Morgan fingerprint density at radius 1 is 1.30 bits per heavy atom. The number of hydrogen-bond donors (Lipinski definition) is 2. The van der Waals surface area contributed by atoms with Gasteiger partial charge in [0.25, 0.3) is 0 Å². The minimum atomic E-state index is -3.62. The second-order valence-corrected chi connectivity index (χ2v) is 7.16. The highest BCUT2D eigenvalue weighted by atomic mass is 32.2. The molecule has 1 fully saturated rings. The van der Waals surface area contributed by atoms with Crippen molar-refractivity contribution in [2.24, 2.45) is 0 Å². The Labute approximate surface area is 120 Å². The smallest absolute Gasteiger partial charge is 0.302 e. The standard InChI is InChI=1S/C14H22N2O3S/c1-10-8-11(2)14(17)13(9-10)15-20(18,19)16-7-5-4-6-12(16)3/h8-9,12,15,17H,4-7H2,1-3H3. The number of nitrogens with zero attached hydrogens (tertiary/aromatic N) is 1. The third-order valence-electron chi connectivity index (χ3n) is 3.73. The van der Waals surface area contributed by atoms with Gasteiger partial charge in [0.2, 0.25) is 0 Å². The topological polar surface area (TPSA) is 69.6 Å². The molecule has 1 unspecified atom stereocenters. The van der Waals surface area contributed by atoms with E-state index < -0.39 is 10.2 Å². The van der Waals surface area contributed by atoms with Gasteiger partial charge in [-0.1, -0.05) is 12.5 Å². The molecule has 2 N–H and O–H groups in total. The van der Waals surface area contributed by atoms with Crippen LogP contribution in [0.3, 0.4) is 0 Å². The zero-order chi connectivity index (χ0) is 14.9. The summed E-state index contributed by atoms with van der Waals surface area (Å²) in [5.74, 6) is -0.0103. The maximum absolute atomic E-state index is 12.4. The fraction of sp³-hybridized carbons (Fsp3) is 0.571. The highest BCUT2D eigenvalue weighted by Gasteiger charge is 2.30. The van der Waals surface area contributed by atoms with E-state index in [1.165, 1.54) is 4.31 Å². The first kappa shape index (κ1) is 15.1. The summed E-state index contributed by atoms with van der Waals surface area (Å²) in [7, 11) is -3.62. The Hall–Kier alpha value is -1.27. The van der Waals surface area contributed by atoms with Crippen LogP contribution in [0.1, 0.15) is 37.3 Å². The lowest BCUT2D eigenvalue weighted by molar-refractivity contribution is 0.270. The highest BCUT2D eigenvalue weighted by Crippen LogP contribution is 2.31. The number of aryl methyl sites for hydroxylation is 2. The lowest BCUT2D eigenvalue weighted by Gasteiger charge is -2.32. The van der Waals surface area contributed by atoms with Crippen LogP contribution in [0.25, 0.3) is 0 Å². The largest absolute Gasteiger partial charge is 0.505 e. The van der Waals surface area contributed by atoms with Crippen molar-refractivity contribution in [3.63, 3.8) is 0 Å². The van der Waals surface area contributed by atoms with Crippen LogP contribution in [-0.4, -0.2) is 30.4 Å². The number of phenolic OH excluding ortho intramolecular Hbond substituents is 1. The summed E-state index contributed by atoms with van der Waals surface area (Å²) in [6.07, 6.45) is 2.81. The first-order valence-corrected chi connectivity index (χ1v) is 8.35. The van der Waals surface area contributed by atoms with E-state index in [2.05, 4.69) is 4.72 Å². The molecule has 2 rings (SSSR count).